The maximum Gasteiger partial charge on any atom is 0.229 e. The Bertz CT molecular complexity index is 878. The normalized spacial score (nSPS) is 16.9. The quantitative estimate of drug-likeness (QED) is 0.847. The predicted molar refractivity (Wildman–Crippen MR) is 91.3 cm³/mol. The molecule has 7 heteroatoms. The van der Waals surface area contributed by atoms with E-state index in [9.17, 15) is 22.8 Å². The second-order valence-corrected chi connectivity index (χ2v) is 6.36. The van der Waals surface area contributed by atoms with Crippen molar-refractivity contribution < 1.29 is 22.8 Å². The van der Waals surface area contributed by atoms with Gasteiger partial charge in [0.25, 0.3) is 0 Å². The molecule has 4 nitrogen and oxygen atoms in total. The van der Waals surface area contributed by atoms with Gasteiger partial charge in [-0.3, -0.25) is 9.59 Å². The fourth-order valence-corrected chi connectivity index (χ4v) is 3.19. The Balaban J connectivity index is 1.79. The van der Waals surface area contributed by atoms with Crippen molar-refractivity contribution in [1.29, 1.82) is 0 Å². The zero-order chi connectivity index (χ0) is 19.0. The van der Waals surface area contributed by atoms with Crippen LogP contribution in [0, 0.1) is 37.2 Å². The molecule has 1 fully saturated rings. The van der Waals surface area contributed by atoms with E-state index >= 15 is 0 Å². The SMILES string of the molecule is Cc1cccc(C)c1N1CC(C(=O)Nc2ccc(F)c(F)c2F)CC1=O. The van der Waals surface area contributed by atoms with Gasteiger partial charge in [0.1, 0.15) is 0 Å². The number of para-hydroxylation sites is 1. The summed E-state index contributed by atoms with van der Waals surface area (Å²) < 4.78 is 40.0. The molecule has 1 heterocycles. The lowest BCUT2D eigenvalue weighted by Crippen LogP contribution is -2.29. The number of amides is 2. The van der Waals surface area contributed by atoms with Crippen LogP contribution >= 0.6 is 0 Å². The molecule has 0 spiro atoms. The van der Waals surface area contributed by atoms with Crippen LogP contribution in [0.4, 0.5) is 24.5 Å². The second-order valence-electron chi connectivity index (χ2n) is 6.36. The summed E-state index contributed by atoms with van der Waals surface area (Å²) in [6, 6.07) is 7.31. The topological polar surface area (TPSA) is 49.4 Å². The number of halogens is 3. The highest BCUT2D eigenvalue weighted by Gasteiger charge is 2.36. The van der Waals surface area contributed by atoms with Crippen molar-refractivity contribution in [3.05, 3.63) is 58.9 Å². The summed E-state index contributed by atoms with van der Waals surface area (Å²) in [4.78, 5) is 26.3. The number of carbonyl (C=O) groups excluding carboxylic acids is 2. The number of anilines is 2. The third-order valence-corrected chi connectivity index (χ3v) is 4.50. The molecule has 0 aliphatic carbocycles. The molecule has 0 aromatic heterocycles. The predicted octanol–water partition coefficient (Wildman–Crippen LogP) is 3.71. The summed E-state index contributed by atoms with van der Waals surface area (Å²) in [5.74, 6) is -5.99. The van der Waals surface area contributed by atoms with E-state index in [1.165, 1.54) is 4.90 Å². The summed E-state index contributed by atoms with van der Waals surface area (Å²) in [6.45, 7) is 3.89. The van der Waals surface area contributed by atoms with Gasteiger partial charge in [-0.25, -0.2) is 13.2 Å². The number of hydrogen-bond acceptors (Lipinski definition) is 2. The van der Waals surface area contributed by atoms with Crippen LogP contribution in [0.1, 0.15) is 17.5 Å². The van der Waals surface area contributed by atoms with Crippen molar-refractivity contribution in [2.24, 2.45) is 5.92 Å². The van der Waals surface area contributed by atoms with Gasteiger partial charge in [0, 0.05) is 18.7 Å². The standard InChI is InChI=1S/C19H17F3N2O2/c1-10-4-3-5-11(2)18(10)24-9-12(8-15(24)25)19(26)23-14-7-6-13(20)16(21)17(14)22/h3-7,12H,8-9H2,1-2H3,(H,23,26). The minimum atomic E-state index is -1.65. The van der Waals surface area contributed by atoms with E-state index in [4.69, 9.17) is 0 Å². The van der Waals surface area contributed by atoms with E-state index in [0.717, 1.165) is 28.9 Å². The van der Waals surface area contributed by atoms with Crippen LogP contribution in [0.3, 0.4) is 0 Å². The van der Waals surface area contributed by atoms with Crippen LogP contribution < -0.4 is 10.2 Å². The minimum Gasteiger partial charge on any atom is -0.323 e. The summed E-state index contributed by atoms with van der Waals surface area (Å²) in [5.41, 5.74) is 2.12. The van der Waals surface area contributed by atoms with Crippen molar-refractivity contribution >= 4 is 23.2 Å². The molecule has 1 saturated heterocycles. The molecule has 2 aromatic carbocycles. The van der Waals surface area contributed by atoms with Gasteiger partial charge in [0.2, 0.25) is 11.8 Å². The minimum absolute atomic E-state index is 0.0368. The Morgan fingerprint density at radius 1 is 1.08 bits per heavy atom. The third-order valence-electron chi connectivity index (χ3n) is 4.50. The summed E-state index contributed by atoms with van der Waals surface area (Å²) in [5, 5.41) is 2.24. The fourth-order valence-electron chi connectivity index (χ4n) is 3.19. The van der Waals surface area contributed by atoms with Crippen molar-refractivity contribution in [2.75, 3.05) is 16.8 Å². The van der Waals surface area contributed by atoms with E-state index in [2.05, 4.69) is 5.32 Å². The summed E-state index contributed by atoms with van der Waals surface area (Å²) in [6.07, 6.45) is -0.0368. The number of aryl methyl sites for hydroxylation is 2. The molecule has 1 aliphatic heterocycles. The number of nitrogens with one attached hydrogen (secondary N) is 1. The summed E-state index contributed by atoms with van der Waals surface area (Å²) in [7, 11) is 0. The number of hydrogen-bond donors (Lipinski definition) is 1. The molecule has 2 amide bonds. The van der Waals surface area contributed by atoms with Gasteiger partial charge in [-0.05, 0) is 37.1 Å². The highest BCUT2D eigenvalue weighted by molar-refractivity contribution is 6.04. The number of nitrogens with zero attached hydrogens (tertiary/aromatic N) is 1. The zero-order valence-corrected chi connectivity index (χ0v) is 14.3. The molecule has 0 bridgehead atoms. The van der Waals surface area contributed by atoms with Crippen LogP contribution in [0.15, 0.2) is 30.3 Å². The Labute approximate surface area is 148 Å². The Hall–Kier alpha value is -2.83. The van der Waals surface area contributed by atoms with E-state index in [-0.39, 0.29) is 18.9 Å². The van der Waals surface area contributed by atoms with Gasteiger partial charge in [-0.2, -0.15) is 0 Å². The van der Waals surface area contributed by atoms with Gasteiger partial charge >= 0.3 is 0 Å². The van der Waals surface area contributed by atoms with Crippen molar-refractivity contribution in [1.82, 2.24) is 0 Å². The molecule has 1 atom stereocenters. The first-order valence-corrected chi connectivity index (χ1v) is 8.10. The average molecular weight is 362 g/mol. The van der Waals surface area contributed by atoms with Gasteiger partial charge in [0.15, 0.2) is 17.5 Å². The van der Waals surface area contributed by atoms with E-state index in [1.807, 2.05) is 32.0 Å². The van der Waals surface area contributed by atoms with E-state index in [0.29, 0.717) is 0 Å². The molecule has 26 heavy (non-hydrogen) atoms. The lowest BCUT2D eigenvalue weighted by Gasteiger charge is -2.21. The van der Waals surface area contributed by atoms with Crippen LogP contribution in [-0.2, 0) is 9.59 Å². The lowest BCUT2D eigenvalue weighted by atomic mass is 10.1. The first-order valence-electron chi connectivity index (χ1n) is 8.10. The molecule has 1 aliphatic rings. The van der Waals surface area contributed by atoms with E-state index in [1.54, 1.807) is 0 Å². The van der Waals surface area contributed by atoms with Crippen LogP contribution in [0.25, 0.3) is 0 Å². The fraction of sp³-hybridized carbons (Fsp3) is 0.263. The van der Waals surface area contributed by atoms with E-state index < -0.39 is 35.0 Å². The number of benzene rings is 2. The maximum atomic E-state index is 13.7. The van der Waals surface area contributed by atoms with Gasteiger partial charge in [-0.15, -0.1) is 0 Å². The monoisotopic (exact) mass is 362 g/mol. The molecule has 0 saturated carbocycles. The van der Waals surface area contributed by atoms with Crippen LogP contribution in [0.5, 0.6) is 0 Å². The van der Waals surface area contributed by atoms with Crippen LogP contribution in [0.2, 0.25) is 0 Å². The maximum absolute atomic E-state index is 13.7. The Morgan fingerprint density at radius 2 is 1.73 bits per heavy atom. The van der Waals surface area contributed by atoms with Crippen molar-refractivity contribution in [3.8, 4) is 0 Å². The molecule has 2 aromatic rings. The van der Waals surface area contributed by atoms with Gasteiger partial charge < -0.3 is 10.2 Å². The third kappa shape index (κ3) is 3.16. The molecule has 3 rings (SSSR count). The molecule has 0 radical (unpaired) electrons. The molecular formula is C19H17F3N2O2. The smallest absolute Gasteiger partial charge is 0.229 e. The first-order chi connectivity index (χ1) is 12.3. The zero-order valence-electron chi connectivity index (χ0n) is 14.3. The first kappa shape index (κ1) is 18.0. The highest BCUT2D eigenvalue weighted by Crippen LogP contribution is 2.31. The van der Waals surface area contributed by atoms with Gasteiger partial charge in [-0.1, -0.05) is 18.2 Å². The molecule has 1 N–H and O–H groups in total. The van der Waals surface area contributed by atoms with Crippen molar-refractivity contribution in [3.63, 3.8) is 0 Å². The Morgan fingerprint density at radius 3 is 2.38 bits per heavy atom. The Kier molecular flexibility index (Phi) is 4.71. The number of rotatable bonds is 3. The molecule has 1 unspecified atom stereocenters. The highest BCUT2D eigenvalue weighted by atomic mass is 19.2. The lowest BCUT2D eigenvalue weighted by molar-refractivity contribution is -0.122. The van der Waals surface area contributed by atoms with Crippen molar-refractivity contribution in [2.45, 2.75) is 20.3 Å². The second kappa shape index (κ2) is 6.82. The van der Waals surface area contributed by atoms with Crippen LogP contribution in [-0.4, -0.2) is 18.4 Å². The summed E-state index contributed by atoms with van der Waals surface area (Å²) >= 11 is 0. The average Bonchev–Trinajstić information content (AvgIpc) is 2.97. The largest absolute Gasteiger partial charge is 0.323 e. The molecule has 136 valence electrons. The molecular weight excluding hydrogens is 345 g/mol. The van der Waals surface area contributed by atoms with Gasteiger partial charge in [0.05, 0.1) is 11.6 Å². The number of carbonyl (C=O) groups is 2.